The van der Waals surface area contributed by atoms with Gasteiger partial charge in [0.2, 0.25) is 5.95 Å². The van der Waals surface area contributed by atoms with Crippen LogP contribution in [0.5, 0.6) is 0 Å². The molecule has 2 heterocycles. The smallest absolute Gasteiger partial charge is 0.226 e. The monoisotopic (exact) mass is 412 g/mol. The van der Waals surface area contributed by atoms with Gasteiger partial charge in [-0.25, -0.2) is 13.5 Å². The van der Waals surface area contributed by atoms with E-state index in [0.29, 0.717) is 34.2 Å². The first-order valence-electron chi connectivity index (χ1n) is 9.14. The van der Waals surface area contributed by atoms with Gasteiger partial charge in [0.1, 0.15) is 24.0 Å². The van der Waals surface area contributed by atoms with Crippen LogP contribution in [0.1, 0.15) is 35.9 Å². The van der Waals surface area contributed by atoms with Gasteiger partial charge in [-0.3, -0.25) is 4.79 Å². The van der Waals surface area contributed by atoms with Crippen LogP contribution in [0.4, 0.5) is 14.7 Å². The average molecular weight is 413 g/mol. The van der Waals surface area contributed by atoms with Crippen LogP contribution in [0.25, 0.3) is 0 Å². The standard InChI is InChI=1S/C21H15ClF2N4O/c22-14-3-1-2-11(4-14)12-7-17-19(18(29)8-12)20(28-21(27-17)25-10-26-28)13-5-15(23)9-16(24)6-13/h1-6,9-10,12,20H,7-8H2,(H,25,26,27). The zero-order chi connectivity index (χ0) is 20.1. The van der Waals surface area contributed by atoms with Gasteiger partial charge in [-0.15, -0.1) is 0 Å². The highest BCUT2D eigenvalue weighted by molar-refractivity contribution is 6.30. The Morgan fingerprint density at radius 3 is 2.62 bits per heavy atom. The van der Waals surface area contributed by atoms with E-state index in [4.69, 9.17) is 11.6 Å². The Balaban J connectivity index is 1.62. The lowest BCUT2D eigenvalue weighted by molar-refractivity contribution is -0.116. The molecule has 0 spiro atoms. The number of fused-ring (bicyclic) bond motifs is 1. The van der Waals surface area contributed by atoms with E-state index in [1.54, 1.807) is 6.07 Å². The van der Waals surface area contributed by atoms with Gasteiger partial charge < -0.3 is 5.32 Å². The van der Waals surface area contributed by atoms with Crippen LogP contribution in [0.3, 0.4) is 0 Å². The third-order valence-electron chi connectivity index (χ3n) is 5.38. The SMILES string of the molecule is O=C1CC(c2cccc(Cl)c2)CC2=C1C(c1cc(F)cc(F)c1)n1ncnc1N2. The highest BCUT2D eigenvalue weighted by Gasteiger charge is 2.39. The maximum Gasteiger partial charge on any atom is 0.226 e. The molecule has 2 aliphatic rings. The Labute approximate surface area is 170 Å². The number of hydrogen-bond donors (Lipinski definition) is 1. The molecule has 0 bridgehead atoms. The third kappa shape index (κ3) is 3.11. The minimum atomic E-state index is -0.734. The quantitative estimate of drug-likeness (QED) is 0.667. The number of halogens is 3. The molecule has 2 unspecified atom stereocenters. The zero-order valence-electron chi connectivity index (χ0n) is 15.1. The van der Waals surface area contributed by atoms with Gasteiger partial charge in [0.25, 0.3) is 0 Å². The highest BCUT2D eigenvalue weighted by Crippen LogP contribution is 2.44. The van der Waals surface area contributed by atoms with Crippen LogP contribution in [0, 0.1) is 11.6 Å². The minimum absolute atomic E-state index is 0.0492. The van der Waals surface area contributed by atoms with E-state index < -0.39 is 17.7 Å². The van der Waals surface area contributed by atoms with Crippen LogP contribution in [-0.2, 0) is 4.79 Å². The molecule has 29 heavy (non-hydrogen) atoms. The fraction of sp³-hybridized carbons (Fsp3) is 0.190. The fourth-order valence-electron chi connectivity index (χ4n) is 4.19. The predicted octanol–water partition coefficient (Wildman–Crippen LogP) is 4.63. The van der Waals surface area contributed by atoms with Gasteiger partial charge in [-0.2, -0.15) is 10.1 Å². The molecule has 1 aliphatic heterocycles. The highest BCUT2D eigenvalue weighted by atomic mass is 35.5. The molecule has 0 amide bonds. The topological polar surface area (TPSA) is 59.8 Å². The molecule has 0 saturated heterocycles. The van der Waals surface area contributed by atoms with E-state index in [9.17, 15) is 13.6 Å². The molecule has 5 rings (SSSR count). The molecule has 1 N–H and O–H groups in total. The summed E-state index contributed by atoms with van der Waals surface area (Å²) in [6, 6.07) is 9.97. The first-order chi connectivity index (χ1) is 14.0. The van der Waals surface area contributed by atoms with Gasteiger partial charge in [-0.1, -0.05) is 23.7 Å². The molecule has 5 nitrogen and oxygen atoms in total. The van der Waals surface area contributed by atoms with Crippen molar-refractivity contribution in [2.24, 2.45) is 0 Å². The lowest BCUT2D eigenvalue weighted by Gasteiger charge is -2.35. The first kappa shape index (κ1) is 18.0. The van der Waals surface area contributed by atoms with E-state index in [1.807, 2.05) is 18.2 Å². The van der Waals surface area contributed by atoms with Crippen LogP contribution >= 0.6 is 11.6 Å². The molecule has 0 saturated carbocycles. The first-order valence-corrected chi connectivity index (χ1v) is 9.51. The average Bonchev–Trinajstić information content (AvgIpc) is 3.13. The number of allylic oxidation sites excluding steroid dienone is 2. The number of carbonyl (C=O) groups excluding carboxylic acids is 1. The van der Waals surface area contributed by atoms with Crippen molar-refractivity contribution in [3.63, 3.8) is 0 Å². The van der Waals surface area contributed by atoms with Gasteiger partial charge in [-0.05, 0) is 47.7 Å². The fourth-order valence-corrected chi connectivity index (χ4v) is 4.39. The number of carbonyl (C=O) groups is 1. The number of Topliss-reactive ketones (excluding diaryl/α,β-unsaturated/α-hetero) is 1. The van der Waals surface area contributed by atoms with Crippen molar-refractivity contribution in [1.29, 1.82) is 0 Å². The number of aromatic nitrogens is 3. The summed E-state index contributed by atoms with van der Waals surface area (Å²) < 4.78 is 29.3. The van der Waals surface area contributed by atoms with Crippen molar-refractivity contribution in [1.82, 2.24) is 14.8 Å². The molecule has 2 atom stereocenters. The summed E-state index contributed by atoms with van der Waals surface area (Å²) in [5.74, 6) is -1.13. The predicted molar refractivity (Wildman–Crippen MR) is 104 cm³/mol. The number of benzene rings is 2. The Bertz CT molecular complexity index is 1150. The molecule has 8 heteroatoms. The summed E-state index contributed by atoms with van der Waals surface area (Å²) in [5.41, 5.74) is 2.45. The summed E-state index contributed by atoms with van der Waals surface area (Å²) in [7, 11) is 0. The normalized spacial score (nSPS) is 20.9. The molecule has 2 aromatic carbocycles. The van der Waals surface area contributed by atoms with Crippen molar-refractivity contribution in [2.45, 2.75) is 24.8 Å². The number of hydrogen-bond acceptors (Lipinski definition) is 4. The van der Waals surface area contributed by atoms with Crippen LogP contribution < -0.4 is 5.32 Å². The number of anilines is 1. The maximum absolute atomic E-state index is 13.9. The van der Waals surface area contributed by atoms with E-state index >= 15 is 0 Å². The molecule has 0 radical (unpaired) electrons. The second kappa shape index (κ2) is 6.77. The van der Waals surface area contributed by atoms with Crippen molar-refractivity contribution in [3.8, 4) is 0 Å². The minimum Gasteiger partial charge on any atom is -0.328 e. The maximum atomic E-state index is 13.9. The third-order valence-corrected chi connectivity index (χ3v) is 5.62. The number of ketones is 1. The van der Waals surface area contributed by atoms with E-state index in [2.05, 4.69) is 15.4 Å². The van der Waals surface area contributed by atoms with Crippen LogP contribution in [0.2, 0.25) is 5.02 Å². The molecular formula is C21H15ClF2N4O. The summed E-state index contributed by atoms with van der Waals surface area (Å²) in [4.78, 5) is 17.4. The van der Waals surface area contributed by atoms with Gasteiger partial charge >= 0.3 is 0 Å². The van der Waals surface area contributed by atoms with Crippen molar-refractivity contribution < 1.29 is 13.6 Å². The lowest BCUT2D eigenvalue weighted by Crippen LogP contribution is -2.33. The number of nitrogens with zero attached hydrogens (tertiary/aromatic N) is 3. The van der Waals surface area contributed by atoms with Gasteiger partial charge in [0, 0.05) is 28.8 Å². The molecule has 3 aromatic rings. The summed E-state index contributed by atoms with van der Waals surface area (Å²) >= 11 is 6.12. The Kier molecular flexibility index (Phi) is 4.20. The largest absolute Gasteiger partial charge is 0.328 e. The molecule has 1 aliphatic carbocycles. The van der Waals surface area contributed by atoms with Crippen molar-refractivity contribution in [3.05, 3.63) is 87.8 Å². The second-order valence-corrected chi connectivity index (χ2v) is 7.67. The molecule has 0 fully saturated rings. The molecule has 1 aromatic heterocycles. The summed E-state index contributed by atoms with van der Waals surface area (Å²) in [6.45, 7) is 0. The van der Waals surface area contributed by atoms with E-state index in [-0.39, 0.29) is 18.1 Å². The Morgan fingerprint density at radius 1 is 1.07 bits per heavy atom. The Hall–Kier alpha value is -3.06. The molecule has 146 valence electrons. The van der Waals surface area contributed by atoms with Gasteiger partial charge in [0.15, 0.2) is 5.78 Å². The lowest BCUT2D eigenvalue weighted by atomic mass is 9.78. The molecular weight excluding hydrogens is 398 g/mol. The summed E-state index contributed by atoms with van der Waals surface area (Å²) in [6.07, 6.45) is 2.18. The van der Waals surface area contributed by atoms with Crippen molar-refractivity contribution >= 4 is 23.3 Å². The van der Waals surface area contributed by atoms with E-state index in [1.165, 1.54) is 23.1 Å². The zero-order valence-corrected chi connectivity index (χ0v) is 15.8. The summed E-state index contributed by atoms with van der Waals surface area (Å²) in [5, 5.41) is 7.97. The van der Waals surface area contributed by atoms with E-state index in [0.717, 1.165) is 11.6 Å². The van der Waals surface area contributed by atoms with Gasteiger partial charge in [0.05, 0.1) is 0 Å². The number of nitrogens with one attached hydrogen (secondary N) is 1. The Morgan fingerprint density at radius 2 is 1.86 bits per heavy atom. The van der Waals surface area contributed by atoms with Crippen LogP contribution in [-0.4, -0.2) is 20.5 Å². The van der Waals surface area contributed by atoms with Crippen LogP contribution in [0.15, 0.2) is 60.1 Å². The van der Waals surface area contributed by atoms with Crippen molar-refractivity contribution in [2.75, 3.05) is 5.32 Å². The number of rotatable bonds is 2. The second-order valence-electron chi connectivity index (χ2n) is 7.23.